The van der Waals surface area contributed by atoms with Crippen molar-refractivity contribution in [3.63, 3.8) is 0 Å². The van der Waals surface area contributed by atoms with E-state index in [1.54, 1.807) is 18.2 Å². The first-order valence-corrected chi connectivity index (χ1v) is 4.89. The molecule has 84 valence electrons. The van der Waals surface area contributed by atoms with E-state index in [-0.39, 0.29) is 8.32 Å². The molecule has 0 aliphatic carbocycles. The van der Waals surface area contributed by atoms with Crippen LogP contribution in [0.4, 0.5) is 4.39 Å². The quantitative estimate of drug-likeness (QED) is 0.755. The Kier molecular flexibility index (Phi) is 3.03. The Morgan fingerprint density at radius 2 is 1.69 bits per heavy atom. The summed E-state index contributed by atoms with van der Waals surface area (Å²) in [6, 6.07) is 13.3. The molecule has 0 amide bonds. The second-order valence-electron chi connectivity index (χ2n) is 3.48. The highest BCUT2D eigenvalue weighted by Gasteiger charge is 2.13. The van der Waals surface area contributed by atoms with E-state index in [0.29, 0.717) is 5.56 Å². The molecule has 2 rings (SSSR count). The van der Waals surface area contributed by atoms with Gasteiger partial charge in [-0.05, 0) is 17.1 Å². The Morgan fingerprint density at radius 1 is 1.00 bits per heavy atom. The van der Waals surface area contributed by atoms with E-state index in [2.05, 4.69) is 0 Å². The van der Waals surface area contributed by atoms with Crippen LogP contribution in [0.5, 0.6) is 0 Å². The van der Waals surface area contributed by atoms with Gasteiger partial charge in [-0.2, -0.15) is 0 Å². The van der Waals surface area contributed by atoms with Crippen molar-refractivity contribution in [2.45, 2.75) is 0 Å². The molecule has 2 nitrogen and oxygen atoms in total. The predicted molar refractivity (Wildman–Crippen MR) is 65.9 cm³/mol. The van der Waals surface area contributed by atoms with Crippen molar-refractivity contribution in [3.8, 4) is 11.1 Å². The van der Waals surface area contributed by atoms with Gasteiger partial charge in [0, 0.05) is 8.42 Å². The third-order valence-corrected chi connectivity index (χ3v) is 2.38. The summed E-state index contributed by atoms with van der Waals surface area (Å²) in [5.74, 6) is -0.461. The van der Waals surface area contributed by atoms with Crippen LogP contribution in [0.15, 0.2) is 48.5 Å². The highest BCUT2D eigenvalue weighted by atomic mass is 19.1. The summed E-state index contributed by atoms with van der Waals surface area (Å²) in [6.07, 6.45) is 0. The largest absolute Gasteiger partial charge is 0.488 e. The van der Waals surface area contributed by atoms with Gasteiger partial charge in [0.1, 0.15) is 5.82 Å². The summed E-state index contributed by atoms with van der Waals surface area (Å²) in [6.45, 7) is 0. The maximum Gasteiger partial charge on any atom is 0.488 e. The van der Waals surface area contributed by atoms with Gasteiger partial charge in [-0.3, -0.25) is 0 Å². The first-order valence-electron chi connectivity index (χ1n) is 4.89. The number of benzene rings is 2. The molecule has 0 aromatic heterocycles. The van der Waals surface area contributed by atoms with Crippen molar-refractivity contribution in [1.82, 2.24) is 0 Å². The lowest BCUT2D eigenvalue weighted by atomic mass is 9.79. The molecular weight excluding hydrogens is 206 g/mol. The fourth-order valence-corrected chi connectivity index (χ4v) is 1.54. The van der Waals surface area contributed by atoms with Crippen LogP contribution in [-0.2, 0) is 0 Å². The first kappa shape index (κ1) is 10.9. The summed E-state index contributed by atoms with van der Waals surface area (Å²) in [5, 5.41) is 17.8. The van der Waals surface area contributed by atoms with Gasteiger partial charge >= 0.3 is 7.12 Å². The minimum atomic E-state index is -1.64. The molecule has 2 aromatic rings. The van der Waals surface area contributed by atoms with Gasteiger partial charge in [-0.25, -0.2) is 4.39 Å². The van der Waals surface area contributed by atoms with Crippen molar-refractivity contribution in [2.24, 2.45) is 0 Å². The summed E-state index contributed by atoms with van der Waals surface area (Å²) in [4.78, 5) is 0. The molecule has 0 aliphatic heterocycles. The van der Waals surface area contributed by atoms with Crippen molar-refractivity contribution in [1.29, 1.82) is 0 Å². The Hall–Kier alpha value is -1.65. The molecule has 0 unspecified atom stereocenters. The van der Waals surface area contributed by atoms with Crippen LogP contribution >= 0.6 is 0 Å². The lowest BCUT2D eigenvalue weighted by Crippen LogP contribution is -2.29. The van der Waals surface area contributed by atoms with Gasteiger partial charge in [0.25, 0.3) is 0 Å². The van der Waals surface area contributed by atoms with Crippen LogP contribution in [0.2, 0.25) is 0 Å². The van der Waals surface area contributed by atoms with Crippen LogP contribution in [0.3, 0.4) is 0 Å². The molecule has 0 aliphatic rings. The zero-order valence-electron chi connectivity index (χ0n) is 8.47. The molecule has 0 fully saturated rings. The lowest BCUT2D eigenvalue weighted by molar-refractivity contribution is 0.425. The zero-order valence-corrected chi connectivity index (χ0v) is 8.47. The topological polar surface area (TPSA) is 40.5 Å². The molecule has 0 atom stereocenters. The van der Waals surface area contributed by atoms with Crippen LogP contribution in [0.25, 0.3) is 11.1 Å². The Labute approximate surface area is 96.1 Å². The summed E-state index contributed by atoms with van der Waals surface area (Å²) >= 11 is 0. The molecule has 2 aromatic carbocycles. The third kappa shape index (κ3) is 2.13. The summed E-state index contributed by atoms with van der Waals surface area (Å²) < 4.78 is 13.7. The number of hydrogen-bond acceptors (Lipinski definition) is 2. The van der Waals surface area contributed by atoms with Gasteiger partial charge in [-0.15, -0.1) is 0 Å². The molecule has 0 saturated carbocycles. The van der Waals surface area contributed by atoms with Crippen LogP contribution in [0.1, 0.15) is 2.85 Å². The predicted octanol–water partition coefficient (Wildman–Crippen LogP) is 1.66. The number of hydrogen-bond donors (Lipinski definition) is 2. The number of rotatable bonds is 2. The highest BCUT2D eigenvalue weighted by Crippen LogP contribution is 2.21. The molecule has 0 saturated heterocycles. The van der Waals surface area contributed by atoms with E-state index in [4.69, 9.17) is 10.0 Å². The fourth-order valence-electron chi connectivity index (χ4n) is 1.54. The van der Waals surface area contributed by atoms with E-state index < -0.39 is 12.9 Å². The maximum absolute atomic E-state index is 13.7. The fraction of sp³-hybridized carbons (Fsp3) is 0. The second kappa shape index (κ2) is 4.47. The zero-order chi connectivity index (χ0) is 11.5. The summed E-state index contributed by atoms with van der Waals surface area (Å²) in [7, 11) is -1.64. The van der Waals surface area contributed by atoms with E-state index in [0.717, 1.165) is 11.6 Å². The summed E-state index contributed by atoms with van der Waals surface area (Å²) in [5.41, 5.74) is 1.36. The van der Waals surface area contributed by atoms with Gasteiger partial charge in [0.2, 0.25) is 0 Å². The standard InChI is InChI=1S/C12H10BFO2.2H2/c14-12-8-10(13(15)16)6-7-11(12)9-4-2-1-3-5-9;;/h1-8,15-16H;2*1H. The Bertz CT molecular complexity index is 495. The van der Waals surface area contributed by atoms with Gasteiger partial charge in [-0.1, -0.05) is 42.5 Å². The molecule has 0 bridgehead atoms. The van der Waals surface area contributed by atoms with Crippen molar-refractivity contribution in [3.05, 3.63) is 54.3 Å². The van der Waals surface area contributed by atoms with Crippen LogP contribution in [0, 0.1) is 5.82 Å². The average Bonchev–Trinajstić information content (AvgIpc) is 2.30. The average molecular weight is 220 g/mol. The van der Waals surface area contributed by atoms with Gasteiger partial charge < -0.3 is 10.0 Å². The van der Waals surface area contributed by atoms with E-state index >= 15 is 0 Å². The van der Waals surface area contributed by atoms with Crippen molar-refractivity contribution in [2.75, 3.05) is 0 Å². The van der Waals surface area contributed by atoms with Crippen molar-refractivity contribution >= 4 is 12.6 Å². The van der Waals surface area contributed by atoms with Gasteiger partial charge in [0.05, 0.1) is 0 Å². The van der Waals surface area contributed by atoms with Crippen LogP contribution in [-0.4, -0.2) is 17.2 Å². The SMILES string of the molecule is OB(O)c1ccc(-c2ccccc2)c(F)c1.[HH].[HH]. The van der Waals surface area contributed by atoms with Crippen LogP contribution < -0.4 is 5.46 Å². The smallest absolute Gasteiger partial charge is 0.423 e. The molecule has 4 heteroatoms. The van der Waals surface area contributed by atoms with Gasteiger partial charge in [0.15, 0.2) is 0 Å². The highest BCUT2D eigenvalue weighted by molar-refractivity contribution is 6.58. The normalized spacial score (nSPS) is 10.2. The first-order chi connectivity index (χ1) is 7.68. The minimum Gasteiger partial charge on any atom is -0.423 e. The van der Waals surface area contributed by atoms with Crippen molar-refractivity contribution < 1.29 is 17.3 Å². The molecular formula is C12H14BFO2. The second-order valence-corrected chi connectivity index (χ2v) is 3.48. The van der Waals surface area contributed by atoms with E-state index in [1.165, 1.54) is 6.07 Å². The van der Waals surface area contributed by atoms with E-state index in [9.17, 15) is 4.39 Å². The Morgan fingerprint density at radius 3 is 2.25 bits per heavy atom. The molecule has 16 heavy (non-hydrogen) atoms. The van der Waals surface area contributed by atoms with E-state index in [1.807, 2.05) is 18.2 Å². The molecule has 0 spiro atoms. The Balaban J connectivity index is 0.00000144. The number of halogens is 1. The molecule has 2 N–H and O–H groups in total. The minimum absolute atomic E-state index is 0. The molecule has 0 radical (unpaired) electrons. The lowest BCUT2D eigenvalue weighted by Gasteiger charge is -2.05. The monoisotopic (exact) mass is 220 g/mol. The maximum atomic E-state index is 13.7. The molecule has 0 heterocycles. The third-order valence-electron chi connectivity index (χ3n) is 2.38.